The van der Waals surface area contributed by atoms with Crippen LogP contribution >= 0.6 is 0 Å². The summed E-state index contributed by atoms with van der Waals surface area (Å²) in [5.41, 5.74) is 0.722. The summed E-state index contributed by atoms with van der Waals surface area (Å²) in [6, 6.07) is 4.72. The van der Waals surface area contributed by atoms with Gasteiger partial charge in [-0.25, -0.2) is 13.1 Å². The SMILES string of the molecule is CC(C)NS(=O)(=O)c1ccc2c(c1)NCC(C)O2. The van der Waals surface area contributed by atoms with Crippen molar-refractivity contribution >= 4 is 15.7 Å². The van der Waals surface area contributed by atoms with Crippen molar-refractivity contribution in [1.82, 2.24) is 4.72 Å². The van der Waals surface area contributed by atoms with E-state index in [1.54, 1.807) is 32.0 Å². The van der Waals surface area contributed by atoms with Gasteiger partial charge in [0.15, 0.2) is 0 Å². The number of hydrogen-bond acceptors (Lipinski definition) is 4. The van der Waals surface area contributed by atoms with Crippen molar-refractivity contribution in [1.29, 1.82) is 0 Å². The zero-order valence-corrected chi connectivity index (χ0v) is 11.5. The Labute approximate surface area is 108 Å². The van der Waals surface area contributed by atoms with Gasteiger partial charge in [0, 0.05) is 6.04 Å². The second-order valence-electron chi connectivity index (χ2n) is 4.74. The number of ether oxygens (including phenoxy) is 1. The molecule has 0 amide bonds. The zero-order valence-electron chi connectivity index (χ0n) is 10.7. The molecule has 1 heterocycles. The number of hydrogen-bond donors (Lipinski definition) is 2. The Hall–Kier alpha value is -1.27. The van der Waals surface area contributed by atoms with Crippen LogP contribution in [0.5, 0.6) is 5.75 Å². The fourth-order valence-electron chi connectivity index (χ4n) is 1.81. The Bertz CT molecular complexity index is 540. The van der Waals surface area contributed by atoms with Crippen molar-refractivity contribution in [2.45, 2.75) is 37.8 Å². The van der Waals surface area contributed by atoms with E-state index < -0.39 is 10.0 Å². The van der Waals surface area contributed by atoms with Gasteiger partial charge in [-0.2, -0.15) is 0 Å². The number of benzene rings is 1. The van der Waals surface area contributed by atoms with Gasteiger partial charge in [-0.3, -0.25) is 0 Å². The van der Waals surface area contributed by atoms with E-state index in [1.165, 1.54) is 0 Å². The van der Waals surface area contributed by atoms with Crippen molar-refractivity contribution in [3.05, 3.63) is 18.2 Å². The average molecular weight is 270 g/mol. The maximum atomic E-state index is 12.0. The Morgan fingerprint density at radius 2 is 2.17 bits per heavy atom. The van der Waals surface area contributed by atoms with E-state index in [0.29, 0.717) is 12.3 Å². The van der Waals surface area contributed by atoms with Crippen molar-refractivity contribution in [2.75, 3.05) is 11.9 Å². The molecule has 1 aromatic carbocycles. The maximum absolute atomic E-state index is 12.0. The molecular formula is C12H18N2O3S. The normalized spacial score (nSPS) is 19.0. The number of anilines is 1. The number of rotatable bonds is 3. The lowest BCUT2D eigenvalue weighted by atomic mass is 10.2. The third-order valence-electron chi connectivity index (χ3n) is 2.56. The maximum Gasteiger partial charge on any atom is 0.240 e. The van der Waals surface area contributed by atoms with Crippen LogP contribution in [0.1, 0.15) is 20.8 Å². The Kier molecular flexibility index (Phi) is 3.49. The van der Waals surface area contributed by atoms with Crippen LogP contribution in [-0.2, 0) is 10.0 Å². The van der Waals surface area contributed by atoms with Gasteiger partial charge in [0.25, 0.3) is 0 Å². The Balaban J connectivity index is 2.32. The smallest absolute Gasteiger partial charge is 0.240 e. The predicted octanol–water partition coefficient (Wildman–Crippen LogP) is 1.57. The van der Waals surface area contributed by atoms with Gasteiger partial charge in [-0.15, -0.1) is 0 Å². The quantitative estimate of drug-likeness (QED) is 0.875. The summed E-state index contributed by atoms with van der Waals surface area (Å²) in [6.07, 6.45) is 0.0914. The summed E-state index contributed by atoms with van der Waals surface area (Å²) in [5.74, 6) is 0.692. The van der Waals surface area contributed by atoms with Crippen molar-refractivity contribution in [2.24, 2.45) is 0 Å². The first-order valence-corrected chi connectivity index (χ1v) is 7.44. The van der Waals surface area contributed by atoms with Gasteiger partial charge < -0.3 is 10.1 Å². The summed E-state index contributed by atoms with van der Waals surface area (Å²) in [5, 5.41) is 3.16. The lowest BCUT2D eigenvalue weighted by Gasteiger charge is -2.25. The van der Waals surface area contributed by atoms with E-state index in [1.807, 2.05) is 6.92 Å². The molecule has 1 atom stereocenters. The monoisotopic (exact) mass is 270 g/mol. The van der Waals surface area contributed by atoms with Crippen LogP contribution in [0, 0.1) is 0 Å². The first kappa shape index (κ1) is 13.2. The van der Waals surface area contributed by atoms with Gasteiger partial charge in [0.05, 0.1) is 17.1 Å². The molecule has 1 unspecified atom stereocenters. The summed E-state index contributed by atoms with van der Waals surface area (Å²) >= 11 is 0. The summed E-state index contributed by atoms with van der Waals surface area (Å²) in [7, 11) is -3.45. The third-order valence-corrected chi connectivity index (χ3v) is 4.22. The molecule has 0 bridgehead atoms. The fourth-order valence-corrected chi connectivity index (χ4v) is 3.08. The Morgan fingerprint density at radius 1 is 1.44 bits per heavy atom. The average Bonchev–Trinajstić information content (AvgIpc) is 2.26. The zero-order chi connectivity index (χ0) is 13.3. The molecule has 0 fully saturated rings. The van der Waals surface area contributed by atoms with E-state index >= 15 is 0 Å². The highest BCUT2D eigenvalue weighted by atomic mass is 32.2. The second kappa shape index (κ2) is 4.78. The molecule has 6 heteroatoms. The van der Waals surface area contributed by atoms with Crippen LogP contribution in [0.15, 0.2) is 23.1 Å². The molecule has 0 saturated heterocycles. The number of fused-ring (bicyclic) bond motifs is 1. The molecule has 2 N–H and O–H groups in total. The van der Waals surface area contributed by atoms with Crippen LogP contribution in [0.2, 0.25) is 0 Å². The first-order valence-electron chi connectivity index (χ1n) is 5.95. The second-order valence-corrected chi connectivity index (χ2v) is 6.46. The summed E-state index contributed by atoms with van der Waals surface area (Å²) in [4.78, 5) is 0.251. The fraction of sp³-hybridized carbons (Fsp3) is 0.500. The molecule has 0 saturated carbocycles. The van der Waals surface area contributed by atoms with Crippen molar-refractivity contribution < 1.29 is 13.2 Å². The highest BCUT2D eigenvalue weighted by Gasteiger charge is 2.20. The standard InChI is InChI=1S/C12H18N2O3S/c1-8(2)14-18(15,16)10-4-5-12-11(6-10)13-7-9(3)17-12/h4-6,8-9,13-14H,7H2,1-3H3. The first-order chi connectivity index (χ1) is 8.38. The Morgan fingerprint density at radius 3 is 2.83 bits per heavy atom. The predicted molar refractivity (Wildman–Crippen MR) is 70.5 cm³/mol. The van der Waals surface area contributed by atoms with Gasteiger partial charge in [-0.05, 0) is 39.0 Å². The topological polar surface area (TPSA) is 67.4 Å². The lowest BCUT2D eigenvalue weighted by Crippen LogP contribution is -2.31. The molecule has 1 aliphatic rings. The van der Waals surface area contributed by atoms with E-state index in [-0.39, 0.29) is 17.0 Å². The molecule has 0 aromatic heterocycles. The molecule has 2 rings (SSSR count). The minimum Gasteiger partial charge on any atom is -0.487 e. The molecule has 1 aromatic rings. The van der Waals surface area contributed by atoms with Crippen molar-refractivity contribution in [3.8, 4) is 5.75 Å². The highest BCUT2D eigenvalue weighted by molar-refractivity contribution is 7.89. The van der Waals surface area contributed by atoms with E-state index in [0.717, 1.165) is 5.69 Å². The van der Waals surface area contributed by atoms with E-state index in [4.69, 9.17) is 4.74 Å². The minimum atomic E-state index is -3.45. The van der Waals surface area contributed by atoms with Crippen LogP contribution in [0.3, 0.4) is 0 Å². The summed E-state index contributed by atoms with van der Waals surface area (Å²) in [6.45, 7) is 6.22. The third kappa shape index (κ3) is 2.76. The van der Waals surface area contributed by atoms with Crippen LogP contribution in [-0.4, -0.2) is 27.1 Å². The number of nitrogens with one attached hydrogen (secondary N) is 2. The van der Waals surface area contributed by atoms with Crippen LogP contribution < -0.4 is 14.8 Å². The van der Waals surface area contributed by atoms with Crippen molar-refractivity contribution in [3.63, 3.8) is 0 Å². The highest BCUT2D eigenvalue weighted by Crippen LogP contribution is 2.31. The van der Waals surface area contributed by atoms with E-state index in [9.17, 15) is 8.42 Å². The number of sulfonamides is 1. The minimum absolute atomic E-state index is 0.0914. The molecule has 1 aliphatic heterocycles. The summed E-state index contributed by atoms with van der Waals surface area (Å²) < 4.78 is 32.2. The van der Waals surface area contributed by atoms with Gasteiger partial charge in [0.1, 0.15) is 11.9 Å². The molecule has 100 valence electrons. The lowest BCUT2D eigenvalue weighted by molar-refractivity contribution is 0.226. The molecule has 0 radical (unpaired) electrons. The molecule has 18 heavy (non-hydrogen) atoms. The van der Waals surface area contributed by atoms with E-state index in [2.05, 4.69) is 10.0 Å². The molecule has 0 aliphatic carbocycles. The van der Waals surface area contributed by atoms with Gasteiger partial charge in [-0.1, -0.05) is 0 Å². The van der Waals surface area contributed by atoms with Crippen LogP contribution in [0.4, 0.5) is 5.69 Å². The molecule has 0 spiro atoms. The largest absolute Gasteiger partial charge is 0.487 e. The van der Waals surface area contributed by atoms with Gasteiger partial charge in [0.2, 0.25) is 10.0 Å². The van der Waals surface area contributed by atoms with Gasteiger partial charge >= 0.3 is 0 Å². The molecule has 5 nitrogen and oxygen atoms in total. The van der Waals surface area contributed by atoms with Crippen LogP contribution in [0.25, 0.3) is 0 Å². The molecular weight excluding hydrogens is 252 g/mol.